The van der Waals surface area contributed by atoms with Gasteiger partial charge in [0.25, 0.3) is 5.56 Å². The predicted molar refractivity (Wildman–Crippen MR) is 136 cm³/mol. The zero-order valence-corrected chi connectivity index (χ0v) is 21.9. The van der Waals surface area contributed by atoms with Gasteiger partial charge < -0.3 is 19.3 Å². The van der Waals surface area contributed by atoms with Crippen LogP contribution in [0.25, 0.3) is 6.08 Å². The van der Waals surface area contributed by atoms with Gasteiger partial charge in [-0.15, -0.1) is 0 Å². The summed E-state index contributed by atoms with van der Waals surface area (Å²) in [6.45, 7) is 3.60. The summed E-state index contributed by atoms with van der Waals surface area (Å²) in [6, 6.07) is 9.31. The van der Waals surface area contributed by atoms with E-state index in [1.165, 1.54) is 30.1 Å². The Balaban J connectivity index is 2.04. The first-order valence-corrected chi connectivity index (χ1v) is 12.3. The van der Waals surface area contributed by atoms with Crippen LogP contribution in [0.15, 0.2) is 61.9 Å². The van der Waals surface area contributed by atoms with E-state index in [4.69, 9.17) is 14.2 Å². The van der Waals surface area contributed by atoms with Crippen molar-refractivity contribution in [1.82, 2.24) is 4.57 Å². The van der Waals surface area contributed by atoms with E-state index in [2.05, 4.69) is 20.9 Å². The van der Waals surface area contributed by atoms with Crippen molar-refractivity contribution in [2.45, 2.75) is 19.9 Å². The van der Waals surface area contributed by atoms with Gasteiger partial charge in [0.15, 0.2) is 4.80 Å². The van der Waals surface area contributed by atoms with E-state index in [9.17, 15) is 14.7 Å². The minimum Gasteiger partial charge on any atom is -0.507 e. The van der Waals surface area contributed by atoms with Gasteiger partial charge in [-0.25, -0.2) is 9.79 Å². The Kier molecular flexibility index (Phi) is 7.13. The smallest absolute Gasteiger partial charge is 0.338 e. The molecule has 8 nitrogen and oxygen atoms in total. The first kappa shape index (κ1) is 24.7. The number of thiazole rings is 1. The maximum atomic E-state index is 13.7. The Morgan fingerprint density at radius 1 is 1.23 bits per heavy atom. The Morgan fingerprint density at radius 2 is 2.00 bits per heavy atom. The molecule has 1 aromatic heterocycles. The van der Waals surface area contributed by atoms with Crippen LogP contribution in [0, 0.1) is 0 Å². The molecule has 1 aliphatic rings. The van der Waals surface area contributed by atoms with Crippen LogP contribution < -0.4 is 24.4 Å². The third-order valence-electron chi connectivity index (χ3n) is 5.52. The summed E-state index contributed by atoms with van der Waals surface area (Å²) in [5.41, 5.74) is 1.35. The monoisotopic (exact) mass is 558 g/mol. The van der Waals surface area contributed by atoms with Crippen molar-refractivity contribution in [1.29, 1.82) is 0 Å². The summed E-state index contributed by atoms with van der Waals surface area (Å²) >= 11 is 4.56. The van der Waals surface area contributed by atoms with Crippen molar-refractivity contribution < 1.29 is 24.1 Å². The van der Waals surface area contributed by atoms with E-state index in [0.717, 1.165) is 4.47 Å². The molecule has 0 saturated carbocycles. The normalized spacial score (nSPS) is 15.5. The van der Waals surface area contributed by atoms with E-state index >= 15 is 0 Å². The molecule has 2 heterocycles. The number of hydrogen-bond donors (Lipinski definition) is 1. The number of fused-ring (bicyclic) bond motifs is 1. The first-order valence-electron chi connectivity index (χ1n) is 10.7. The maximum Gasteiger partial charge on any atom is 0.338 e. The number of aromatic hydroxyl groups is 1. The number of halogens is 1. The molecule has 1 aliphatic heterocycles. The Morgan fingerprint density at radius 3 is 2.69 bits per heavy atom. The number of allylic oxidation sites excluding steroid dienone is 1. The third-order valence-corrected chi connectivity index (χ3v) is 7.00. The van der Waals surface area contributed by atoms with Gasteiger partial charge in [-0.2, -0.15) is 0 Å². The number of phenols is 1. The molecule has 1 atom stereocenters. The second-order valence-electron chi connectivity index (χ2n) is 7.61. The molecule has 0 saturated heterocycles. The molecule has 0 fully saturated rings. The van der Waals surface area contributed by atoms with Crippen LogP contribution in [-0.2, 0) is 9.53 Å². The number of benzene rings is 2. The molecular formula is C25H23BrN2O6S. The number of carbonyl (C=O) groups is 1. The van der Waals surface area contributed by atoms with Gasteiger partial charge in [0.1, 0.15) is 23.3 Å². The van der Waals surface area contributed by atoms with Crippen LogP contribution in [0.1, 0.15) is 31.0 Å². The lowest BCUT2D eigenvalue weighted by atomic mass is 9.94. The van der Waals surface area contributed by atoms with Crippen molar-refractivity contribution in [2.24, 2.45) is 4.99 Å². The number of ether oxygens (including phenoxy) is 3. The Labute approximate surface area is 213 Å². The highest BCUT2D eigenvalue weighted by atomic mass is 79.9. The highest BCUT2D eigenvalue weighted by molar-refractivity contribution is 9.10. The van der Waals surface area contributed by atoms with Crippen molar-refractivity contribution >= 4 is 39.3 Å². The molecule has 2 aromatic carbocycles. The van der Waals surface area contributed by atoms with Crippen molar-refractivity contribution in [2.75, 3.05) is 20.8 Å². The molecule has 0 bridgehead atoms. The fourth-order valence-corrected chi connectivity index (χ4v) is 5.34. The van der Waals surface area contributed by atoms with Crippen LogP contribution in [0.2, 0.25) is 0 Å². The number of phenolic OH excluding ortho intramolecular Hbond substituents is 1. The van der Waals surface area contributed by atoms with Gasteiger partial charge in [0.2, 0.25) is 0 Å². The summed E-state index contributed by atoms with van der Waals surface area (Å²) in [5, 5.41) is 10.3. The molecule has 0 amide bonds. The Hall–Kier alpha value is -3.37. The molecule has 3 aromatic rings. The summed E-state index contributed by atoms with van der Waals surface area (Å²) in [6.07, 6.45) is 1.60. The molecule has 0 radical (unpaired) electrons. The average Bonchev–Trinajstić information content (AvgIpc) is 3.14. The zero-order valence-electron chi connectivity index (χ0n) is 19.5. The molecule has 35 heavy (non-hydrogen) atoms. The highest BCUT2D eigenvalue weighted by Crippen LogP contribution is 2.37. The number of carbonyl (C=O) groups excluding carboxylic acids is 1. The lowest BCUT2D eigenvalue weighted by molar-refractivity contribution is -0.139. The van der Waals surface area contributed by atoms with Gasteiger partial charge in [0.05, 0.1) is 36.6 Å². The molecule has 0 spiro atoms. The SMILES string of the molecule is CCOC(=O)C1=C(C)N=c2sc(=Cc3cc(Br)ccc3O)c(=O)n2C1c1cc(OC)ccc1OC. The van der Waals surface area contributed by atoms with Crippen LogP contribution in [-0.4, -0.2) is 36.5 Å². The first-order chi connectivity index (χ1) is 16.8. The second kappa shape index (κ2) is 10.1. The van der Waals surface area contributed by atoms with Crippen LogP contribution in [0.5, 0.6) is 17.2 Å². The van der Waals surface area contributed by atoms with E-state index < -0.39 is 12.0 Å². The number of nitrogens with zero attached hydrogens (tertiary/aromatic N) is 2. The second-order valence-corrected chi connectivity index (χ2v) is 9.54. The molecule has 4 rings (SSSR count). The van der Waals surface area contributed by atoms with Crippen molar-refractivity contribution in [3.8, 4) is 17.2 Å². The van der Waals surface area contributed by atoms with Gasteiger partial charge in [-0.3, -0.25) is 9.36 Å². The lowest BCUT2D eigenvalue weighted by Crippen LogP contribution is -2.40. The van der Waals surface area contributed by atoms with Gasteiger partial charge >= 0.3 is 5.97 Å². The number of methoxy groups -OCH3 is 2. The minimum atomic E-state index is -0.853. The fraction of sp³-hybridized carbons (Fsp3) is 0.240. The van der Waals surface area contributed by atoms with E-state index in [0.29, 0.717) is 37.7 Å². The predicted octanol–water partition coefficient (Wildman–Crippen LogP) is 3.28. The van der Waals surface area contributed by atoms with Crippen LogP contribution in [0.3, 0.4) is 0 Å². The third kappa shape index (κ3) is 4.63. The molecule has 10 heteroatoms. The molecule has 1 unspecified atom stereocenters. The van der Waals surface area contributed by atoms with Gasteiger partial charge in [0, 0.05) is 15.6 Å². The lowest BCUT2D eigenvalue weighted by Gasteiger charge is -2.26. The average molecular weight is 559 g/mol. The summed E-state index contributed by atoms with van der Waals surface area (Å²) in [4.78, 5) is 31.8. The van der Waals surface area contributed by atoms with E-state index in [1.54, 1.807) is 56.3 Å². The molecule has 182 valence electrons. The standard InChI is InChI=1S/C25H23BrN2O6S/c1-5-34-24(31)21-13(2)27-25-28(22(21)17-12-16(32-3)7-9-19(17)33-4)23(30)20(35-25)11-14-10-15(26)6-8-18(14)29/h6-12,22,29H,5H2,1-4H3. The molecular weight excluding hydrogens is 536 g/mol. The van der Waals surface area contributed by atoms with Crippen LogP contribution in [0.4, 0.5) is 0 Å². The summed E-state index contributed by atoms with van der Waals surface area (Å²) < 4.78 is 18.9. The number of aromatic nitrogens is 1. The van der Waals surface area contributed by atoms with Gasteiger partial charge in [-0.05, 0) is 56.3 Å². The minimum absolute atomic E-state index is 0.0356. The van der Waals surface area contributed by atoms with E-state index in [1.807, 2.05) is 0 Å². The van der Waals surface area contributed by atoms with Gasteiger partial charge in [-0.1, -0.05) is 27.3 Å². The van der Waals surface area contributed by atoms with Crippen molar-refractivity contribution in [3.63, 3.8) is 0 Å². The fourth-order valence-electron chi connectivity index (χ4n) is 3.92. The highest BCUT2D eigenvalue weighted by Gasteiger charge is 2.35. The number of rotatable bonds is 6. The molecule has 0 aliphatic carbocycles. The zero-order chi connectivity index (χ0) is 25.3. The quantitative estimate of drug-likeness (QED) is 0.466. The summed E-state index contributed by atoms with van der Waals surface area (Å²) in [5.74, 6) is 0.488. The number of hydrogen-bond acceptors (Lipinski definition) is 8. The Bertz CT molecular complexity index is 1520. The summed E-state index contributed by atoms with van der Waals surface area (Å²) in [7, 11) is 3.06. The van der Waals surface area contributed by atoms with Crippen molar-refractivity contribution in [3.05, 3.63) is 83.0 Å². The maximum absolute atomic E-state index is 13.7. The molecule has 1 N–H and O–H groups in total. The van der Waals surface area contributed by atoms with Crippen LogP contribution >= 0.6 is 27.3 Å². The largest absolute Gasteiger partial charge is 0.507 e. The topological polar surface area (TPSA) is 99.4 Å². The van der Waals surface area contributed by atoms with E-state index in [-0.39, 0.29) is 23.5 Å². The number of esters is 1.